The summed E-state index contributed by atoms with van der Waals surface area (Å²) >= 11 is 6.31. The Morgan fingerprint density at radius 3 is 2.68 bits per heavy atom. The predicted molar refractivity (Wildman–Crippen MR) is 90.6 cm³/mol. The van der Waals surface area contributed by atoms with Gasteiger partial charge < -0.3 is 10.4 Å². The maximum atomic E-state index is 9.53. The molecule has 3 heteroatoms. The third kappa shape index (κ3) is 2.02. The van der Waals surface area contributed by atoms with Crippen molar-refractivity contribution in [3.63, 3.8) is 0 Å². The van der Waals surface area contributed by atoms with E-state index in [4.69, 9.17) is 11.6 Å². The zero-order chi connectivity index (χ0) is 15.3. The minimum Gasteiger partial charge on any atom is -0.508 e. The maximum Gasteiger partial charge on any atom is 0.115 e. The third-order valence-electron chi connectivity index (χ3n) is 4.98. The lowest BCUT2D eigenvalue weighted by atomic mass is 9.76. The Morgan fingerprint density at radius 1 is 1.14 bits per heavy atom. The Kier molecular flexibility index (Phi) is 3.16. The Hall–Kier alpha value is -1.93. The van der Waals surface area contributed by atoms with Gasteiger partial charge in [0.15, 0.2) is 0 Å². The summed E-state index contributed by atoms with van der Waals surface area (Å²) in [5.74, 6) is 1.25. The van der Waals surface area contributed by atoms with E-state index in [1.54, 1.807) is 12.1 Å². The lowest BCUT2D eigenvalue weighted by molar-refractivity contribution is 0.424. The summed E-state index contributed by atoms with van der Waals surface area (Å²) in [7, 11) is 0. The fourth-order valence-corrected chi connectivity index (χ4v) is 3.96. The van der Waals surface area contributed by atoms with Gasteiger partial charge in [-0.05, 0) is 54.2 Å². The largest absolute Gasteiger partial charge is 0.508 e. The molecule has 0 saturated heterocycles. The smallest absolute Gasteiger partial charge is 0.115 e. The summed E-state index contributed by atoms with van der Waals surface area (Å²) in [5.41, 5.74) is 4.83. The molecule has 2 aromatic carbocycles. The van der Waals surface area contributed by atoms with Crippen LogP contribution in [-0.4, -0.2) is 5.11 Å². The molecule has 22 heavy (non-hydrogen) atoms. The van der Waals surface area contributed by atoms with Gasteiger partial charge in [-0.2, -0.15) is 0 Å². The third-order valence-corrected chi connectivity index (χ3v) is 5.39. The number of halogens is 1. The highest BCUT2D eigenvalue weighted by atomic mass is 35.5. The number of allylic oxidation sites excluding steroid dienone is 2. The van der Waals surface area contributed by atoms with Crippen molar-refractivity contribution in [2.24, 2.45) is 5.92 Å². The van der Waals surface area contributed by atoms with E-state index in [1.165, 1.54) is 16.8 Å². The Balaban J connectivity index is 1.82. The van der Waals surface area contributed by atoms with Crippen LogP contribution in [0.3, 0.4) is 0 Å². The van der Waals surface area contributed by atoms with E-state index < -0.39 is 0 Å². The first kappa shape index (κ1) is 13.7. The average Bonchev–Trinajstić information content (AvgIpc) is 3.01. The molecule has 112 valence electrons. The number of nitrogens with one attached hydrogen (secondary N) is 1. The normalized spacial score (nSPS) is 25.5. The van der Waals surface area contributed by atoms with Crippen molar-refractivity contribution in [1.82, 2.24) is 0 Å². The van der Waals surface area contributed by atoms with Gasteiger partial charge in [-0.1, -0.05) is 42.0 Å². The highest BCUT2D eigenvalue weighted by molar-refractivity contribution is 6.31. The fraction of sp³-hybridized carbons (Fsp3) is 0.263. The predicted octanol–water partition coefficient (Wildman–Crippen LogP) is 5.18. The Bertz CT molecular complexity index is 751. The number of hydrogen-bond donors (Lipinski definition) is 2. The van der Waals surface area contributed by atoms with Crippen LogP contribution in [0.5, 0.6) is 5.75 Å². The van der Waals surface area contributed by atoms with Gasteiger partial charge in [0.25, 0.3) is 0 Å². The second-order valence-corrected chi connectivity index (χ2v) is 6.61. The van der Waals surface area contributed by atoms with Crippen LogP contribution in [0.25, 0.3) is 0 Å². The molecular weight excluding hydrogens is 294 g/mol. The standard InChI is InChI=1S/C19H18ClNO/c1-11-17(20)10-9-16-14-3-2-4-15(14)19(21-18(11)16)12-5-7-13(22)8-6-12/h2-3,5-10,14-15,19,21-22H,4H2,1H3. The van der Waals surface area contributed by atoms with Gasteiger partial charge in [-0.25, -0.2) is 0 Å². The van der Waals surface area contributed by atoms with Gasteiger partial charge in [0, 0.05) is 16.6 Å². The monoisotopic (exact) mass is 311 g/mol. The summed E-state index contributed by atoms with van der Waals surface area (Å²) in [4.78, 5) is 0. The molecule has 0 fully saturated rings. The Morgan fingerprint density at radius 2 is 1.91 bits per heavy atom. The van der Waals surface area contributed by atoms with Gasteiger partial charge in [-0.3, -0.25) is 0 Å². The van der Waals surface area contributed by atoms with E-state index >= 15 is 0 Å². The number of benzene rings is 2. The molecule has 0 saturated carbocycles. The van der Waals surface area contributed by atoms with Crippen LogP contribution in [0.15, 0.2) is 48.6 Å². The number of aromatic hydroxyl groups is 1. The summed E-state index contributed by atoms with van der Waals surface area (Å²) in [6.07, 6.45) is 5.68. The highest BCUT2D eigenvalue weighted by Crippen LogP contribution is 2.51. The van der Waals surface area contributed by atoms with Crippen molar-refractivity contribution >= 4 is 17.3 Å². The maximum absolute atomic E-state index is 9.53. The van der Waals surface area contributed by atoms with Crippen LogP contribution < -0.4 is 5.32 Å². The number of phenols is 1. The first-order chi connectivity index (χ1) is 10.6. The van der Waals surface area contributed by atoms with Crippen molar-refractivity contribution in [3.05, 3.63) is 70.3 Å². The minimum absolute atomic E-state index is 0.241. The van der Waals surface area contributed by atoms with Crippen LogP contribution in [0.4, 0.5) is 5.69 Å². The fourth-order valence-electron chi connectivity index (χ4n) is 3.80. The summed E-state index contributed by atoms with van der Waals surface area (Å²) in [6, 6.07) is 11.9. The molecule has 3 unspecified atom stereocenters. The molecule has 4 rings (SSSR count). The van der Waals surface area contributed by atoms with Crippen molar-refractivity contribution in [3.8, 4) is 5.75 Å². The second-order valence-electron chi connectivity index (χ2n) is 6.20. The van der Waals surface area contributed by atoms with E-state index in [-0.39, 0.29) is 6.04 Å². The van der Waals surface area contributed by atoms with Crippen molar-refractivity contribution in [1.29, 1.82) is 0 Å². The van der Waals surface area contributed by atoms with E-state index in [0.29, 0.717) is 17.6 Å². The molecule has 1 aliphatic heterocycles. The zero-order valence-corrected chi connectivity index (χ0v) is 13.1. The van der Waals surface area contributed by atoms with Crippen LogP contribution >= 0.6 is 11.6 Å². The van der Waals surface area contributed by atoms with E-state index in [0.717, 1.165) is 17.0 Å². The quantitative estimate of drug-likeness (QED) is 0.711. The molecule has 0 amide bonds. The molecule has 0 radical (unpaired) electrons. The molecule has 3 atom stereocenters. The van der Waals surface area contributed by atoms with E-state index in [9.17, 15) is 5.11 Å². The van der Waals surface area contributed by atoms with Crippen LogP contribution in [0.1, 0.15) is 35.1 Å². The van der Waals surface area contributed by atoms with Gasteiger partial charge in [0.1, 0.15) is 5.75 Å². The molecule has 2 aliphatic rings. The zero-order valence-electron chi connectivity index (χ0n) is 12.4. The number of hydrogen-bond acceptors (Lipinski definition) is 2. The molecule has 0 spiro atoms. The molecule has 2 nitrogen and oxygen atoms in total. The van der Waals surface area contributed by atoms with Gasteiger partial charge >= 0.3 is 0 Å². The molecule has 1 aliphatic carbocycles. The SMILES string of the molecule is Cc1c(Cl)ccc2c1NC(c1ccc(O)cc1)C1CC=CC21. The lowest BCUT2D eigenvalue weighted by Gasteiger charge is -2.38. The second kappa shape index (κ2) is 5.06. The number of fused-ring (bicyclic) bond motifs is 3. The molecule has 2 aromatic rings. The van der Waals surface area contributed by atoms with Crippen LogP contribution in [0.2, 0.25) is 5.02 Å². The van der Waals surface area contributed by atoms with Crippen LogP contribution in [0, 0.1) is 12.8 Å². The van der Waals surface area contributed by atoms with E-state index in [1.807, 2.05) is 18.2 Å². The number of rotatable bonds is 1. The minimum atomic E-state index is 0.241. The molecule has 2 N–H and O–H groups in total. The van der Waals surface area contributed by atoms with Gasteiger partial charge in [-0.15, -0.1) is 0 Å². The number of phenolic OH excluding ortho intramolecular Hbond substituents is 1. The van der Waals surface area contributed by atoms with Crippen molar-refractivity contribution in [2.45, 2.75) is 25.3 Å². The van der Waals surface area contributed by atoms with Crippen LogP contribution in [-0.2, 0) is 0 Å². The molecular formula is C19H18ClNO. The topological polar surface area (TPSA) is 32.3 Å². The molecule has 1 heterocycles. The highest BCUT2D eigenvalue weighted by Gasteiger charge is 2.38. The lowest BCUT2D eigenvalue weighted by Crippen LogP contribution is -2.29. The first-order valence-electron chi connectivity index (χ1n) is 7.66. The van der Waals surface area contributed by atoms with Gasteiger partial charge in [0.05, 0.1) is 6.04 Å². The van der Waals surface area contributed by atoms with E-state index in [2.05, 4.69) is 30.5 Å². The first-order valence-corrected chi connectivity index (χ1v) is 8.04. The summed E-state index contributed by atoms with van der Waals surface area (Å²) in [6.45, 7) is 2.07. The number of anilines is 1. The summed E-state index contributed by atoms with van der Waals surface area (Å²) in [5, 5.41) is 14.0. The summed E-state index contributed by atoms with van der Waals surface area (Å²) < 4.78 is 0. The van der Waals surface area contributed by atoms with Gasteiger partial charge in [0.2, 0.25) is 0 Å². The Labute approximate surface area is 135 Å². The van der Waals surface area contributed by atoms with Crippen molar-refractivity contribution in [2.75, 3.05) is 5.32 Å². The molecule has 0 bridgehead atoms. The van der Waals surface area contributed by atoms with Crippen molar-refractivity contribution < 1.29 is 5.11 Å². The average molecular weight is 312 g/mol. The molecule has 0 aromatic heterocycles.